The molecule has 0 fully saturated rings. The minimum Gasteiger partial charge on any atom is -0.336 e. The van der Waals surface area contributed by atoms with Crippen LogP contribution in [0.5, 0.6) is 0 Å². The Balaban J connectivity index is 1.48. The highest BCUT2D eigenvalue weighted by molar-refractivity contribution is 6.21. The lowest BCUT2D eigenvalue weighted by molar-refractivity contribution is -0.133. The van der Waals surface area contributed by atoms with E-state index in [1.54, 1.807) is 25.2 Å². The number of imide groups is 1. The third-order valence-electron chi connectivity index (χ3n) is 5.58. The van der Waals surface area contributed by atoms with Gasteiger partial charge in [-0.1, -0.05) is 23.8 Å². The molecule has 1 aliphatic heterocycles. The first kappa shape index (κ1) is 22.2. The summed E-state index contributed by atoms with van der Waals surface area (Å²) in [5.74, 6) is -1.14. The number of rotatable bonds is 7. The predicted molar refractivity (Wildman–Crippen MR) is 118 cm³/mol. The van der Waals surface area contributed by atoms with E-state index in [9.17, 15) is 19.2 Å². The molecule has 2 aromatic rings. The van der Waals surface area contributed by atoms with Gasteiger partial charge in [0.05, 0.1) is 17.7 Å². The molecule has 0 atom stereocenters. The van der Waals surface area contributed by atoms with Crippen molar-refractivity contribution in [2.75, 3.05) is 25.5 Å². The van der Waals surface area contributed by atoms with Gasteiger partial charge in [-0.15, -0.1) is 0 Å². The van der Waals surface area contributed by atoms with E-state index in [-0.39, 0.29) is 43.1 Å². The molecule has 0 unspecified atom stereocenters. The molecule has 1 heterocycles. The summed E-state index contributed by atoms with van der Waals surface area (Å²) < 4.78 is 0. The lowest BCUT2D eigenvalue weighted by Gasteiger charge is -2.19. The van der Waals surface area contributed by atoms with Gasteiger partial charge in [-0.05, 0) is 56.5 Å². The molecule has 1 aliphatic rings. The molecule has 0 aromatic heterocycles. The molecule has 0 radical (unpaired) electrons. The third-order valence-corrected chi connectivity index (χ3v) is 5.58. The third kappa shape index (κ3) is 4.82. The minimum atomic E-state index is -0.325. The van der Waals surface area contributed by atoms with Crippen molar-refractivity contribution in [3.8, 4) is 0 Å². The number of fused-ring (bicyclic) bond motifs is 1. The largest absolute Gasteiger partial charge is 0.336 e. The SMILES string of the molecule is Cc1ccc2c(c1)C(=O)N(CCCC(=O)N(C)CC(=O)Nc1cccc(C)c1C)C2=O. The van der Waals surface area contributed by atoms with Crippen molar-refractivity contribution in [1.82, 2.24) is 9.80 Å². The molecule has 162 valence electrons. The number of nitrogens with zero attached hydrogens (tertiary/aromatic N) is 2. The molecule has 0 spiro atoms. The van der Waals surface area contributed by atoms with Crippen LogP contribution in [0.1, 0.15) is 50.2 Å². The number of hydrogen-bond acceptors (Lipinski definition) is 4. The van der Waals surface area contributed by atoms with Crippen LogP contribution in [0.15, 0.2) is 36.4 Å². The molecule has 4 amide bonds. The summed E-state index contributed by atoms with van der Waals surface area (Å²) in [6.07, 6.45) is 0.478. The van der Waals surface area contributed by atoms with Crippen LogP contribution in [0, 0.1) is 20.8 Å². The summed E-state index contributed by atoms with van der Waals surface area (Å²) in [5, 5.41) is 2.83. The normalized spacial score (nSPS) is 12.7. The Bertz CT molecular complexity index is 1060. The van der Waals surface area contributed by atoms with E-state index in [2.05, 4.69) is 5.32 Å². The number of amides is 4. The number of hydrogen-bond donors (Lipinski definition) is 1. The molecule has 7 nitrogen and oxygen atoms in total. The van der Waals surface area contributed by atoms with E-state index in [0.29, 0.717) is 17.5 Å². The van der Waals surface area contributed by atoms with Crippen molar-refractivity contribution in [3.63, 3.8) is 0 Å². The van der Waals surface area contributed by atoms with Crippen LogP contribution in [0.2, 0.25) is 0 Å². The monoisotopic (exact) mass is 421 g/mol. The Hall–Kier alpha value is -3.48. The molecule has 0 saturated heterocycles. The van der Waals surface area contributed by atoms with Crippen molar-refractivity contribution >= 4 is 29.3 Å². The molecule has 0 aliphatic carbocycles. The molecule has 7 heteroatoms. The van der Waals surface area contributed by atoms with E-state index < -0.39 is 0 Å². The first-order chi connectivity index (χ1) is 14.7. The van der Waals surface area contributed by atoms with Gasteiger partial charge in [0.2, 0.25) is 11.8 Å². The Kier molecular flexibility index (Phi) is 6.53. The van der Waals surface area contributed by atoms with Crippen molar-refractivity contribution in [1.29, 1.82) is 0 Å². The van der Waals surface area contributed by atoms with E-state index in [0.717, 1.165) is 22.4 Å². The second-order valence-corrected chi connectivity index (χ2v) is 7.96. The van der Waals surface area contributed by atoms with Gasteiger partial charge in [0, 0.05) is 25.7 Å². The summed E-state index contributed by atoms with van der Waals surface area (Å²) in [6.45, 7) is 5.86. The van der Waals surface area contributed by atoms with Crippen LogP contribution in [-0.4, -0.2) is 53.6 Å². The van der Waals surface area contributed by atoms with E-state index >= 15 is 0 Å². The molecule has 3 rings (SSSR count). The Morgan fingerprint density at radius 1 is 1.00 bits per heavy atom. The number of anilines is 1. The summed E-state index contributed by atoms with van der Waals surface area (Å²) in [6, 6.07) is 10.8. The number of benzene rings is 2. The summed E-state index contributed by atoms with van der Waals surface area (Å²) in [4.78, 5) is 52.2. The van der Waals surface area contributed by atoms with Gasteiger partial charge in [0.15, 0.2) is 0 Å². The van der Waals surface area contributed by atoms with Gasteiger partial charge >= 0.3 is 0 Å². The maximum atomic E-state index is 12.5. The second kappa shape index (κ2) is 9.12. The van der Waals surface area contributed by atoms with Crippen LogP contribution in [0.4, 0.5) is 5.69 Å². The highest BCUT2D eigenvalue weighted by Crippen LogP contribution is 2.24. The van der Waals surface area contributed by atoms with Crippen molar-refractivity contribution < 1.29 is 19.2 Å². The van der Waals surface area contributed by atoms with Crippen molar-refractivity contribution in [2.45, 2.75) is 33.6 Å². The Morgan fingerprint density at radius 2 is 1.71 bits per heavy atom. The highest BCUT2D eigenvalue weighted by Gasteiger charge is 2.35. The number of nitrogens with one attached hydrogen (secondary N) is 1. The van der Waals surface area contributed by atoms with E-state index in [1.165, 1.54) is 9.80 Å². The summed E-state index contributed by atoms with van der Waals surface area (Å²) in [5.41, 5.74) is 4.52. The lowest BCUT2D eigenvalue weighted by atomic mass is 10.1. The Labute approximate surface area is 182 Å². The standard InChI is InChI=1S/C24H27N3O4/c1-15-10-11-18-19(13-15)24(31)27(23(18)30)12-6-9-22(29)26(4)14-21(28)25-20-8-5-7-16(2)17(20)3/h5,7-8,10-11,13H,6,9,12,14H2,1-4H3,(H,25,28). The summed E-state index contributed by atoms with van der Waals surface area (Å²) >= 11 is 0. The van der Waals surface area contributed by atoms with Gasteiger partial charge < -0.3 is 10.2 Å². The predicted octanol–water partition coefficient (Wildman–Crippen LogP) is 3.09. The van der Waals surface area contributed by atoms with Gasteiger partial charge in [0.25, 0.3) is 11.8 Å². The number of carbonyl (C=O) groups is 4. The fraction of sp³-hybridized carbons (Fsp3) is 0.333. The van der Waals surface area contributed by atoms with Gasteiger partial charge in [-0.25, -0.2) is 0 Å². The van der Waals surface area contributed by atoms with E-state index in [4.69, 9.17) is 0 Å². The Morgan fingerprint density at radius 3 is 2.45 bits per heavy atom. The quantitative estimate of drug-likeness (QED) is 0.696. The first-order valence-corrected chi connectivity index (χ1v) is 10.3. The minimum absolute atomic E-state index is 0.0709. The molecule has 0 saturated carbocycles. The topological polar surface area (TPSA) is 86.8 Å². The molecule has 31 heavy (non-hydrogen) atoms. The smallest absolute Gasteiger partial charge is 0.261 e. The molecular formula is C24H27N3O4. The average Bonchev–Trinajstić information content (AvgIpc) is 2.95. The molecular weight excluding hydrogens is 394 g/mol. The van der Waals surface area contributed by atoms with Crippen LogP contribution in [0.25, 0.3) is 0 Å². The zero-order chi connectivity index (χ0) is 22.7. The van der Waals surface area contributed by atoms with Crippen LogP contribution < -0.4 is 5.32 Å². The lowest BCUT2D eigenvalue weighted by Crippen LogP contribution is -2.36. The van der Waals surface area contributed by atoms with Crippen molar-refractivity contribution in [3.05, 3.63) is 64.2 Å². The van der Waals surface area contributed by atoms with Gasteiger partial charge in [-0.2, -0.15) is 0 Å². The average molecular weight is 421 g/mol. The maximum absolute atomic E-state index is 12.5. The second-order valence-electron chi connectivity index (χ2n) is 7.96. The van der Waals surface area contributed by atoms with E-state index in [1.807, 2.05) is 39.0 Å². The number of likely N-dealkylation sites (N-methyl/N-ethyl adjacent to an activating group) is 1. The van der Waals surface area contributed by atoms with Crippen LogP contribution >= 0.6 is 0 Å². The molecule has 2 aromatic carbocycles. The maximum Gasteiger partial charge on any atom is 0.261 e. The zero-order valence-electron chi connectivity index (χ0n) is 18.3. The van der Waals surface area contributed by atoms with Crippen molar-refractivity contribution in [2.24, 2.45) is 0 Å². The van der Waals surface area contributed by atoms with Gasteiger partial charge in [-0.3, -0.25) is 24.1 Å². The summed E-state index contributed by atoms with van der Waals surface area (Å²) in [7, 11) is 1.57. The molecule has 0 bridgehead atoms. The number of aryl methyl sites for hydroxylation is 2. The van der Waals surface area contributed by atoms with Crippen LogP contribution in [-0.2, 0) is 9.59 Å². The zero-order valence-corrected chi connectivity index (χ0v) is 18.3. The highest BCUT2D eigenvalue weighted by atomic mass is 16.2. The first-order valence-electron chi connectivity index (χ1n) is 10.3. The fourth-order valence-corrected chi connectivity index (χ4v) is 3.57. The molecule has 1 N–H and O–H groups in total. The fourth-order valence-electron chi connectivity index (χ4n) is 3.57. The van der Waals surface area contributed by atoms with Crippen LogP contribution in [0.3, 0.4) is 0 Å². The number of carbonyl (C=O) groups excluding carboxylic acids is 4. The van der Waals surface area contributed by atoms with Gasteiger partial charge in [0.1, 0.15) is 0 Å².